The number of nitrogens with one attached hydrogen (secondary N) is 1. The summed E-state index contributed by atoms with van der Waals surface area (Å²) in [5, 5.41) is 3.20. The predicted octanol–water partition coefficient (Wildman–Crippen LogP) is 1.22. The molecule has 0 fully saturated rings. The second-order valence-corrected chi connectivity index (χ2v) is 3.67. The fraction of sp³-hybridized carbons (Fsp3) is 0.250. The molecule has 0 bridgehead atoms. The van der Waals surface area contributed by atoms with Gasteiger partial charge in [0.05, 0.1) is 6.04 Å². The van der Waals surface area contributed by atoms with E-state index >= 15 is 0 Å². The summed E-state index contributed by atoms with van der Waals surface area (Å²) >= 11 is 3.47. The molecule has 2 aliphatic rings. The molecule has 0 saturated carbocycles. The predicted molar refractivity (Wildman–Crippen MR) is 48.8 cm³/mol. The molecule has 0 spiro atoms. The van der Waals surface area contributed by atoms with Crippen LogP contribution in [0, 0.1) is 5.92 Å². The molecule has 0 amide bonds. The highest BCUT2D eigenvalue weighted by Gasteiger charge is 2.29. The molecule has 11 heavy (non-hydrogen) atoms. The maximum Gasteiger partial charge on any atom is 0.0761 e. The lowest BCUT2D eigenvalue weighted by atomic mass is 9.95. The largest absolute Gasteiger partial charge is 0.400 e. The summed E-state index contributed by atoms with van der Waals surface area (Å²) in [6.07, 6.45) is 8.04. The molecule has 3 heteroatoms. The quantitative estimate of drug-likeness (QED) is 0.634. The van der Waals surface area contributed by atoms with Gasteiger partial charge in [0.25, 0.3) is 0 Å². The van der Waals surface area contributed by atoms with Gasteiger partial charge in [0.2, 0.25) is 0 Å². The maximum atomic E-state index is 5.78. The molecule has 0 aromatic heterocycles. The molecule has 2 unspecified atom stereocenters. The van der Waals surface area contributed by atoms with Crippen LogP contribution in [0.25, 0.3) is 0 Å². The van der Waals surface area contributed by atoms with E-state index in [4.69, 9.17) is 5.73 Å². The summed E-state index contributed by atoms with van der Waals surface area (Å²) in [6, 6.07) is 0.273. The standard InChI is InChI=1S/C8H9BrN2/c9-6-4-11-8-5(6)2-1-3-7(8)10/h1-5,8,11H,10H2. The van der Waals surface area contributed by atoms with Crippen molar-refractivity contribution < 1.29 is 0 Å². The van der Waals surface area contributed by atoms with E-state index in [1.54, 1.807) is 0 Å². The molecule has 2 atom stereocenters. The Labute approximate surface area is 74.0 Å². The molecule has 0 radical (unpaired) electrons. The van der Waals surface area contributed by atoms with Gasteiger partial charge in [-0.05, 0) is 6.08 Å². The molecular formula is C8H9BrN2. The van der Waals surface area contributed by atoms with Crippen LogP contribution in [-0.4, -0.2) is 6.04 Å². The monoisotopic (exact) mass is 212 g/mol. The lowest BCUT2D eigenvalue weighted by molar-refractivity contribution is 0.607. The molecular weight excluding hydrogens is 204 g/mol. The van der Waals surface area contributed by atoms with Gasteiger partial charge in [-0.1, -0.05) is 28.1 Å². The van der Waals surface area contributed by atoms with Crippen molar-refractivity contribution in [1.29, 1.82) is 0 Å². The number of hydrogen-bond donors (Lipinski definition) is 2. The third kappa shape index (κ3) is 0.997. The lowest BCUT2D eigenvalue weighted by Crippen LogP contribution is -2.33. The lowest BCUT2D eigenvalue weighted by Gasteiger charge is -2.21. The fourth-order valence-corrected chi connectivity index (χ4v) is 1.97. The molecule has 0 aromatic rings. The molecule has 2 rings (SSSR count). The normalized spacial score (nSPS) is 33.9. The second-order valence-electron chi connectivity index (χ2n) is 2.75. The van der Waals surface area contributed by atoms with Gasteiger partial charge >= 0.3 is 0 Å². The number of nitrogens with two attached hydrogens (primary N) is 1. The van der Waals surface area contributed by atoms with Gasteiger partial charge in [-0.3, -0.25) is 0 Å². The summed E-state index contributed by atoms with van der Waals surface area (Å²) in [6.45, 7) is 0. The Morgan fingerprint density at radius 1 is 1.55 bits per heavy atom. The van der Waals surface area contributed by atoms with Crippen molar-refractivity contribution in [2.45, 2.75) is 6.04 Å². The smallest absolute Gasteiger partial charge is 0.0761 e. The topological polar surface area (TPSA) is 38.0 Å². The molecule has 3 N–H and O–H groups in total. The van der Waals surface area contributed by atoms with Crippen molar-refractivity contribution in [2.75, 3.05) is 0 Å². The van der Waals surface area contributed by atoms with E-state index in [-0.39, 0.29) is 6.04 Å². The zero-order valence-electron chi connectivity index (χ0n) is 5.92. The van der Waals surface area contributed by atoms with Crippen LogP contribution in [0.1, 0.15) is 0 Å². The summed E-state index contributed by atoms with van der Waals surface area (Å²) in [5.41, 5.74) is 6.68. The van der Waals surface area contributed by atoms with Gasteiger partial charge in [0.15, 0.2) is 0 Å². The van der Waals surface area contributed by atoms with Crippen molar-refractivity contribution in [3.8, 4) is 0 Å². The van der Waals surface area contributed by atoms with Gasteiger partial charge in [-0.25, -0.2) is 0 Å². The molecule has 0 saturated heterocycles. The zero-order valence-corrected chi connectivity index (χ0v) is 7.51. The number of fused-ring (bicyclic) bond motifs is 1. The van der Waals surface area contributed by atoms with Gasteiger partial charge < -0.3 is 11.1 Å². The summed E-state index contributed by atoms with van der Waals surface area (Å²) < 4.78 is 1.18. The second kappa shape index (κ2) is 2.41. The van der Waals surface area contributed by atoms with Crippen molar-refractivity contribution in [1.82, 2.24) is 5.32 Å². The molecule has 58 valence electrons. The van der Waals surface area contributed by atoms with Crippen molar-refractivity contribution in [2.24, 2.45) is 11.7 Å². The summed E-state index contributed by atoms with van der Waals surface area (Å²) in [5.74, 6) is 0.403. The van der Waals surface area contributed by atoms with Gasteiger partial charge in [-0.15, -0.1) is 0 Å². The van der Waals surface area contributed by atoms with Crippen LogP contribution < -0.4 is 11.1 Å². The highest BCUT2D eigenvalue weighted by Crippen LogP contribution is 2.31. The highest BCUT2D eigenvalue weighted by atomic mass is 79.9. The van der Waals surface area contributed by atoms with E-state index in [9.17, 15) is 0 Å². The fourth-order valence-electron chi connectivity index (χ4n) is 1.43. The Kier molecular flexibility index (Phi) is 1.53. The summed E-state index contributed by atoms with van der Waals surface area (Å²) in [7, 11) is 0. The first kappa shape index (κ1) is 6.98. The first-order chi connectivity index (χ1) is 5.29. The minimum Gasteiger partial charge on any atom is -0.400 e. The van der Waals surface area contributed by atoms with Gasteiger partial charge in [0, 0.05) is 22.3 Å². The van der Waals surface area contributed by atoms with Gasteiger partial charge in [-0.2, -0.15) is 0 Å². The number of rotatable bonds is 0. The van der Waals surface area contributed by atoms with Crippen LogP contribution in [-0.2, 0) is 0 Å². The minimum atomic E-state index is 0.273. The average Bonchev–Trinajstić information content (AvgIpc) is 2.35. The first-order valence-corrected chi connectivity index (χ1v) is 4.34. The van der Waals surface area contributed by atoms with Crippen LogP contribution in [0.4, 0.5) is 0 Å². The Morgan fingerprint density at radius 3 is 3.09 bits per heavy atom. The number of halogens is 1. The van der Waals surface area contributed by atoms with E-state index in [1.807, 2.05) is 18.4 Å². The van der Waals surface area contributed by atoms with E-state index in [1.165, 1.54) is 4.48 Å². The van der Waals surface area contributed by atoms with Crippen LogP contribution in [0.2, 0.25) is 0 Å². The highest BCUT2D eigenvalue weighted by molar-refractivity contribution is 9.11. The van der Waals surface area contributed by atoms with Crippen LogP contribution in [0.15, 0.2) is 34.6 Å². The van der Waals surface area contributed by atoms with Crippen LogP contribution in [0.3, 0.4) is 0 Å². The van der Waals surface area contributed by atoms with E-state index in [0.717, 1.165) is 5.70 Å². The zero-order chi connectivity index (χ0) is 7.84. The van der Waals surface area contributed by atoms with Crippen LogP contribution in [0.5, 0.6) is 0 Å². The number of hydrogen-bond acceptors (Lipinski definition) is 2. The molecule has 1 heterocycles. The van der Waals surface area contributed by atoms with Gasteiger partial charge in [0.1, 0.15) is 0 Å². The Bertz CT molecular complexity index is 265. The Balaban J connectivity index is 2.30. The van der Waals surface area contributed by atoms with Crippen LogP contribution >= 0.6 is 15.9 Å². The van der Waals surface area contributed by atoms with E-state index in [2.05, 4.69) is 27.3 Å². The maximum absolute atomic E-state index is 5.78. The van der Waals surface area contributed by atoms with Crippen molar-refractivity contribution in [3.63, 3.8) is 0 Å². The third-order valence-electron chi connectivity index (χ3n) is 2.04. The third-order valence-corrected chi connectivity index (χ3v) is 2.80. The Morgan fingerprint density at radius 2 is 2.36 bits per heavy atom. The first-order valence-electron chi connectivity index (χ1n) is 3.54. The summed E-state index contributed by atoms with van der Waals surface area (Å²) in [4.78, 5) is 0. The molecule has 0 aromatic carbocycles. The van der Waals surface area contributed by atoms with E-state index in [0.29, 0.717) is 5.92 Å². The Hall–Kier alpha value is -0.700. The average molecular weight is 213 g/mol. The van der Waals surface area contributed by atoms with Crippen molar-refractivity contribution in [3.05, 3.63) is 34.6 Å². The minimum absolute atomic E-state index is 0.273. The molecule has 1 aliphatic heterocycles. The molecule has 2 nitrogen and oxygen atoms in total. The molecule has 1 aliphatic carbocycles. The van der Waals surface area contributed by atoms with E-state index < -0.39 is 0 Å². The number of allylic oxidation sites excluding steroid dienone is 2. The van der Waals surface area contributed by atoms with Crippen molar-refractivity contribution >= 4 is 15.9 Å². The SMILES string of the molecule is NC1=CC=CC2C(Br)=CNC12.